The molecular formula is C11H18O2. The quantitative estimate of drug-likeness (QED) is 0.570. The molecule has 0 radical (unpaired) electrons. The number of hydrogen-bond donors (Lipinski definition) is 0. The first-order valence-electron chi connectivity index (χ1n) is 5.60. The lowest BCUT2D eigenvalue weighted by Crippen LogP contribution is -2.39. The van der Waals surface area contributed by atoms with Crippen LogP contribution < -0.4 is 0 Å². The van der Waals surface area contributed by atoms with E-state index in [0.29, 0.717) is 0 Å². The normalized spacial score (nSPS) is 42.5. The first-order chi connectivity index (χ1) is 6.38. The highest BCUT2D eigenvalue weighted by atomic mass is 16.5. The lowest BCUT2D eigenvalue weighted by atomic mass is 9.88. The van der Waals surface area contributed by atoms with Gasteiger partial charge in [-0.15, -0.1) is 0 Å². The highest BCUT2D eigenvalue weighted by Gasteiger charge is 2.45. The zero-order valence-electron chi connectivity index (χ0n) is 8.13. The molecule has 0 aromatic heterocycles. The second-order valence-corrected chi connectivity index (χ2v) is 4.90. The van der Waals surface area contributed by atoms with E-state index in [9.17, 15) is 0 Å². The third-order valence-corrected chi connectivity index (χ3v) is 4.05. The average molecular weight is 182 g/mol. The molecule has 1 saturated carbocycles. The first kappa shape index (κ1) is 8.25. The summed E-state index contributed by atoms with van der Waals surface area (Å²) in [6, 6.07) is 0. The van der Waals surface area contributed by atoms with Gasteiger partial charge in [0, 0.05) is 13.2 Å². The van der Waals surface area contributed by atoms with Crippen molar-refractivity contribution in [3.63, 3.8) is 0 Å². The Balaban J connectivity index is 1.68. The van der Waals surface area contributed by atoms with Crippen molar-refractivity contribution in [3.8, 4) is 0 Å². The molecule has 2 atom stereocenters. The van der Waals surface area contributed by atoms with Gasteiger partial charge in [-0.2, -0.15) is 0 Å². The summed E-state index contributed by atoms with van der Waals surface area (Å²) in [7, 11) is 0. The molecule has 2 heterocycles. The van der Waals surface area contributed by atoms with E-state index in [2.05, 4.69) is 0 Å². The van der Waals surface area contributed by atoms with E-state index in [0.717, 1.165) is 44.5 Å². The zero-order valence-corrected chi connectivity index (χ0v) is 8.13. The predicted octanol–water partition coefficient (Wildman–Crippen LogP) is 1.98. The monoisotopic (exact) mass is 182 g/mol. The highest BCUT2D eigenvalue weighted by molar-refractivity contribution is 4.94. The van der Waals surface area contributed by atoms with E-state index in [1.807, 2.05) is 0 Å². The van der Waals surface area contributed by atoms with Crippen LogP contribution in [0.4, 0.5) is 0 Å². The fraction of sp³-hybridized carbons (Fsp3) is 1.00. The topological polar surface area (TPSA) is 18.5 Å². The molecule has 0 N–H and O–H groups in total. The molecule has 0 bridgehead atoms. The van der Waals surface area contributed by atoms with Crippen LogP contribution in [0.3, 0.4) is 0 Å². The maximum atomic E-state index is 6.11. The maximum Gasteiger partial charge on any atom is 0.0726 e. The predicted molar refractivity (Wildman–Crippen MR) is 49.6 cm³/mol. The lowest BCUT2D eigenvalue weighted by Gasteiger charge is -2.36. The van der Waals surface area contributed by atoms with Crippen molar-refractivity contribution in [2.45, 2.75) is 37.7 Å². The molecule has 74 valence electrons. The number of rotatable bonds is 0. The van der Waals surface area contributed by atoms with E-state index < -0.39 is 0 Å². The molecule has 3 aliphatic rings. The molecule has 1 aliphatic carbocycles. The summed E-state index contributed by atoms with van der Waals surface area (Å²) >= 11 is 0. The van der Waals surface area contributed by atoms with Crippen LogP contribution in [0.1, 0.15) is 32.1 Å². The average Bonchev–Trinajstić information content (AvgIpc) is 2.92. The van der Waals surface area contributed by atoms with Crippen LogP contribution in [-0.2, 0) is 9.47 Å². The molecule has 2 nitrogen and oxygen atoms in total. The summed E-state index contributed by atoms with van der Waals surface area (Å²) in [6.45, 7) is 2.86. The Hall–Kier alpha value is -0.0800. The van der Waals surface area contributed by atoms with Gasteiger partial charge in [-0.1, -0.05) is 0 Å². The minimum atomic E-state index is 0.228. The van der Waals surface area contributed by atoms with E-state index >= 15 is 0 Å². The van der Waals surface area contributed by atoms with Gasteiger partial charge in [0.15, 0.2) is 0 Å². The standard InChI is InChI=1S/C11H18O2/c1-2-11(3-5-12-6-4-11)13-8-10-7-9(1)10/h9-10H,1-8H2. The van der Waals surface area contributed by atoms with Crippen LogP contribution in [0.5, 0.6) is 0 Å². The van der Waals surface area contributed by atoms with Gasteiger partial charge in [0.1, 0.15) is 0 Å². The Morgan fingerprint density at radius 2 is 1.85 bits per heavy atom. The maximum absolute atomic E-state index is 6.11. The van der Waals surface area contributed by atoms with Gasteiger partial charge in [-0.3, -0.25) is 0 Å². The Kier molecular flexibility index (Phi) is 1.88. The molecule has 3 fully saturated rings. The van der Waals surface area contributed by atoms with Crippen LogP contribution in [0.25, 0.3) is 0 Å². The lowest BCUT2D eigenvalue weighted by molar-refractivity contribution is -0.113. The molecule has 0 aromatic carbocycles. The number of ether oxygens (including phenoxy) is 2. The van der Waals surface area contributed by atoms with Crippen LogP contribution in [-0.4, -0.2) is 25.4 Å². The molecule has 2 aliphatic heterocycles. The van der Waals surface area contributed by atoms with Gasteiger partial charge in [-0.05, 0) is 43.9 Å². The highest BCUT2D eigenvalue weighted by Crippen LogP contribution is 2.48. The Morgan fingerprint density at radius 1 is 1.00 bits per heavy atom. The summed E-state index contributed by atoms with van der Waals surface area (Å²) in [4.78, 5) is 0. The molecule has 2 unspecified atom stereocenters. The molecule has 1 spiro atoms. The van der Waals surface area contributed by atoms with Crippen LogP contribution in [0, 0.1) is 11.8 Å². The van der Waals surface area contributed by atoms with Gasteiger partial charge < -0.3 is 9.47 Å². The SMILES string of the molecule is C1CC2(CCO1)CCC1CC1CO2. The zero-order chi connectivity index (χ0) is 8.73. The third kappa shape index (κ3) is 1.50. The summed E-state index contributed by atoms with van der Waals surface area (Å²) in [5.41, 5.74) is 0.228. The molecular weight excluding hydrogens is 164 g/mol. The minimum Gasteiger partial charge on any atom is -0.381 e. The van der Waals surface area contributed by atoms with E-state index in [-0.39, 0.29) is 5.60 Å². The number of hydrogen-bond acceptors (Lipinski definition) is 2. The minimum absolute atomic E-state index is 0.228. The van der Waals surface area contributed by atoms with Crippen LogP contribution in [0.15, 0.2) is 0 Å². The summed E-state index contributed by atoms with van der Waals surface area (Å²) in [5, 5.41) is 0. The molecule has 0 amide bonds. The molecule has 2 saturated heterocycles. The fourth-order valence-corrected chi connectivity index (χ4v) is 2.81. The van der Waals surface area contributed by atoms with E-state index in [1.54, 1.807) is 0 Å². The van der Waals surface area contributed by atoms with E-state index in [4.69, 9.17) is 9.47 Å². The van der Waals surface area contributed by atoms with Crippen molar-refractivity contribution >= 4 is 0 Å². The largest absolute Gasteiger partial charge is 0.381 e. The van der Waals surface area contributed by atoms with Gasteiger partial charge in [0.25, 0.3) is 0 Å². The summed E-state index contributed by atoms with van der Waals surface area (Å²) in [6.07, 6.45) is 6.40. The summed E-state index contributed by atoms with van der Waals surface area (Å²) < 4.78 is 11.5. The van der Waals surface area contributed by atoms with Crippen molar-refractivity contribution < 1.29 is 9.47 Å². The van der Waals surface area contributed by atoms with E-state index in [1.165, 1.54) is 19.3 Å². The van der Waals surface area contributed by atoms with Crippen molar-refractivity contribution in [1.82, 2.24) is 0 Å². The molecule has 0 aromatic rings. The van der Waals surface area contributed by atoms with Gasteiger partial charge in [-0.25, -0.2) is 0 Å². The first-order valence-corrected chi connectivity index (χ1v) is 5.60. The van der Waals surface area contributed by atoms with Gasteiger partial charge in [0.2, 0.25) is 0 Å². The van der Waals surface area contributed by atoms with Crippen molar-refractivity contribution in [2.24, 2.45) is 11.8 Å². The molecule has 3 rings (SSSR count). The Labute approximate surface area is 79.6 Å². The van der Waals surface area contributed by atoms with Crippen molar-refractivity contribution in [1.29, 1.82) is 0 Å². The van der Waals surface area contributed by atoms with Crippen LogP contribution >= 0.6 is 0 Å². The van der Waals surface area contributed by atoms with Gasteiger partial charge in [0.05, 0.1) is 12.2 Å². The third-order valence-electron chi connectivity index (χ3n) is 4.05. The molecule has 2 heteroatoms. The van der Waals surface area contributed by atoms with Crippen molar-refractivity contribution in [3.05, 3.63) is 0 Å². The summed E-state index contributed by atoms with van der Waals surface area (Å²) in [5.74, 6) is 1.93. The van der Waals surface area contributed by atoms with Crippen LogP contribution in [0.2, 0.25) is 0 Å². The fourth-order valence-electron chi connectivity index (χ4n) is 2.81. The number of fused-ring (bicyclic) bond motifs is 1. The van der Waals surface area contributed by atoms with Crippen molar-refractivity contribution in [2.75, 3.05) is 19.8 Å². The Morgan fingerprint density at radius 3 is 2.69 bits per heavy atom. The van der Waals surface area contributed by atoms with Gasteiger partial charge >= 0.3 is 0 Å². The second-order valence-electron chi connectivity index (χ2n) is 4.90. The smallest absolute Gasteiger partial charge is 0.0726 e. The second kappa shape index (κ2) is 2.96. The molecule has 13 heavy (non-hydrogen) atoms. The Bertz CT molecular complexity index is 182.